The van der Waals surface area contributed by atoms with Gasteiger partial charge in [-0.2, -0.15) is 0 Å². The van der Waals surface area contributed by atoms with Gasteiger partial charge in [0.2, 0.25) is 0 Å². The smallest absolute Gasteiger partial charge is 0.0715 e. The molecule has 1 aromatic heterocycles. The largest absolute Gasteiger partial charge is 0.248 e. The Labute approximate surface area is 191 Å². The molecule has 0 aliphatic heterocycles. The molecule has 0 bridgehead atoms. The van der Waals surface area contributed by atoms with E-state index in [0.29, 0.717) is 0 Å². The van der Waals surface area contributed by atoms with Crippen molar-refractivity contribution >= 4 is 37.4 Å². The van der Waals surface area contributed by atoms with E-state index >= 15 is 0 Å². The predicted molar refractivity (Wildman–Crippen MR) is 135 cm³/mol. The number of hydrogen-bond acceptors (Lipinski definition) is 1. The standard InChI is InChI=1S/C24H19Br2N.C2H6/c1-3-5-9-17(4-2)23-14-20(19-12-21(25)16-22(26)13-19)15-24(27-23)18-10-7-6-8-11-18;1-2/h3-16H,1H2,2H3;1-2H3/b9-5-,17-4+;. The zero-order chi connectivity index (χ0) is 21.2. The summed E-state index contributed by atoms with van der Waals surface area (Å²) in [6, 6.07) is 20.8. The highest BCUT2D eigenvalue weighted by molar-refractivity contribution is 9.11. The minimum absolute atomic E-state index is 0.933. The number of benzene rings is 2. The quantitative estimate of drug-likeness (QED) is 0.312. The van der Waals surface area contributed by atoms with Gasteiger partial charge in [0.05, 0.1) is 11.4 Å². The minimum Gasteiger partial charge on any atom is -0.248 e. The van der Waals surface area contributed by atoms with Crippen molar-refractivity contribution in [3.63, 3.8) is 0 Å². The summed E-state index contributed by atoms with van der Waals surface area (Å²) in [7, 11) is 0. The van der Waals surface area contributed by atoms with Crippen LogP contribution in [0.25, 0.3) is 28.0 Å². The number of pyridine rings is 1. The predicted octanol–water partition coefficient (Wildman–Crippen LogP) is 9.11. The molecule has 1 heterocycles. The average Bonchev–Trinajstić information content (AvgIpc) is 2.75. The van der Waals surface area contributed by atoms with Crippen molar-refractivity contribution in [2.45, 2.75) is 20.8 Å². The summed E-state index contributed by atoms with van der Waals surface area (Å²) in [5.74, 6) is 0. The maximum Gasteiger partial charge on any atom is 0.0715 e. The number of allylic oxidation sites excluding steroid dienone is 5. The Kier molecular flexibility index (Phi) is 9.30. The number of aromatic nitrogens is 1. The van der Waals surface area contributed by atoms with Crippen LogP contribution in [0.5, 0.6) is 0 Å². The Morgan fingerprint density at radius 1 is 0.862 bits per heavy atom. The average molecular weight is 511 g/mol. The Morgan fingerprint density at radius 3 is 2.07 bits per heavy atom. The zero-order valence-electron chi connectivity index (χ0n) is 17.0. The highest BCUT2D eigenvalue weighted by Crippen LogP contribution is 2.32. The molecule has 3 rings (SSSR count). The maximum atomic E-state index is 4.92. The van der Waals surface area contributed by atoms with E-state index in [9.17, 15) is 0 Å². The van der Waals surface area contributed by atoms with E-state index in [2.05, 4.69) is 80.9 Å². The van der Waals surface area contributed by atoms with Crippen LogP contribution in [0.4, 0.5) is 0 Å². The topological polar surface area (TPSA) is 12.9 Å². The third-order valence-corrected chi connectivity index (χ3v) is 5.03. The highest BCUT2D eigenvalue weighted by atomic mass is 79.9. The van der Waals surface area contributed by atoms with Gasteiger partial charge >= 0.3 is 0 Å². The van der Waals surface area contributed by atoms with Crippen molar-refractivity contribution in [1.29, 1.82) is 0 Å². The summed E-state index contributed by atoms with van der Waals surface area (Å²) >= 11 is 7.18. The van der Waals surface area contributed by atoms with Crippen LogP contribution >= 0.6 is 31.9 Å². The molecule has 148 valence electrons. The van der Waals surface area contributed by atoms with Crippen molar-refractivity contribution in [3.8, 4) is 22.4 Å². The van der Waals surface area contributed by atoms with Crippen LogP contribution in [0.1, 0.15) is 26.5 Å². The molecule has 2 aromatic carbocycles. The summed E-state index contributed by atoms with van der Waals surface area (Å²) in [6.45, 7) is 9.79. The van der Waals surface area contributed by atoms with Gasteiger partial charge in [-0.25, -0.2) is 4.98 Å². The second-order valence-electron chi connectivity index (χ2n) is 5.99. The second-order valence-corrected chi connectivity index (χ2v) is 7.82. The molecule has 3 aromatic rings. The number of rotatable bonds is 5. The first-order chi connectivity index (χ1) is 14.1. The van der Waals surface area contributed by atoms with E-state index in [4.69, 9.17) is 4.98 Å². The second kappa shape index (κ2) is 11.7. The third-order valence-electron chi connectivity index (χ3n) is 4.11. The highest BCUT2D eigenvalue weighted by Gasteiger charge is 2.10. The molecule has 0 radical (unpaired) electrons. The van der Waals surface area contributed by atoms with Crippen LogP contribution in [0.3, 0.4) is 0 Å². The van der Waals surface area contributed by atoms with Crippen LogP contribution in [-0.2, 0) is 0 Å². The molecule has 0 atom stereocenters. The van der Waals surface area contributed by atoms with Gasteiger partial charge in [-0.15, -0.1) is 0 Å². The zero-order valence-corrected chi connectivity index (χ0v) is 20.2. The van der Waals surface area contributed by atoms with E-state index in [1.807, 2.05) is 57.2 Å². The van der Waals surface area contributed by atoms with Crippen molar-refractivity contribution in [3.05, 3.63) is 106 Å². The van der Waals surface area contributed by atoms with Gasteiger partial charge in [0.1, 0.15) is 0 Å². The third kappa shape index (κ3) is 6.38. The van der Waals surface area contributed by atoms with Gasteiger partial charge < -0.3 is 0 Å². The molecular formula is C26H25Br2N. The normalized spacial score (nSPS) is 11.1. The number of halogens is 2. The van der Waals surface area contributed by atoms with Gasteiger partial charge in [-0.1, -0.05) is 107 Å². The molecule has 0 unspecified atom stereocenters. The van der Waals surface area contributed by atoms with Crippen molar-refractivity contribution in [2.24, 2.45) is 0 Å². The summed E-state index contributed by atoms with van der Waals surface area (Å²) in [5, 5.41) is 0. The molecule has 0 spiro atoms. The van der Waals surface area contributed by atoms with Crippen LogP contribution in [0.2, 0.25) is 0 Å². The minimum atomic E-state index is 0.933. The van der Waals surface area contributed by atoms with Crippen molar-refractivity contribution in [2.75, 3.05) is 0 Å². The lowest BCUT2D eigenvalue weighted by Crippen LogP contribution is -1.93. The Bertz CT molecular complexity index is 998. The molecule has 0 aliphatic carbocycles. The molecule has 0 saturated heterocycles. The molecular weight excluding hydrogens is 486 g/mol. The molecule has 29 heavy (non-hydrogen) atoms. The molecule has 0 aliphatic rings. The Hall–Kier alpha value is -2.23. The maximum absolute atomic E-state index is 4.92. The van der Waals surface area contributed by atoms with Crippen LogP contribution in [0, 0.1) is 0 Å². The molecule has 3 heteroatoms. The van der Waals surface area contributed by atoms with Gasteiger partial charge in [0.25, 0.3) is 0 Å². The first-order valence-electron chi connectivity index (χ1n) is 9.60. The summed E-state index contributed by atoms with van der Waals surface area (Å²) in [4.78, 5) is 4.92. The molecule has 0 amide bonds. The lowest BCUT2D eigenvalue weighted by atomic mass is 10.00. The fraction of sp³-hybridized carbons (Fsp3) is 0.115. The van der Waals surface area contributed by atoms with Crippen molar-refractivity contribution < 1.29 is 0 Å². The van der Waals surface area contributed by atoms with Crippen LogP contribution in [0.15, 0.2) is 100 Å². The number of hydrogen-bond donors (Lipinski definition) is 0. The molecule has 1 nitrogen and oxygen atoms in total. The molecule has 0 fully saturated rings. The monoisotopic (exact) mass is 509 g/mol. The van der Waals surface area contributed by atoms with Gasteiger partial charge in [0, 0.05) is 14.5 Å². The van der Waals surface area contributed by atoms with Gasteiger partial charge in [-0.05, 0) is 54.0 Å². The van der Waals surface area contributed by atoms with E-state index in [1.54, 1.807) is 6.08 Å². The fourth-order valence-electron chi connectivity index (χ4n) is 2.82. The summed E-state index contributed by atoms with van der Waals surface area (Å²) in [6.07, 6.45) is 7.81. The summed E-state index contributed by atoms with van der Waals surface area (Å²) in [5.41, 5.74) is 6.28. The number of nitrogens with zero attached hydrogens (tertiary/aromatic N) is 1. The van der Waals surface area contributed by atoms with Gasteiger partial charge in [0.15, 0.2) is 0 Å². The first kappa shape index (κ1) is 23.1. The Morgan fingerprint density at radius 2 is 1.48 bits per heavy atom. The van der Waals surface area contributed by atoms with E-state index in [0.717, 1.165) is 42.6 Å². The Balaban J connectivity index is 0.00000145. The van der Waals surface area contributed by atoms with Gasteiger partial charge in [-0.3, -0.25) is 0 Å². The van der Waals surface area contributed by atoms with Crippen LogP contribution < -0.4 is 0 Å². The fourth-order valence-corrected chi connectivity index (χ4v) is 4.12. The first-order valence-corrected chi connectivity index (χ1v) is 11.2. The molecule has 0 N–H and O–H groups in total. The SMILES string of the molecule is C=C/C=C\C(=C/C)c1cc(-c2cc(Br)cc(Br)c2)cc(-c2ccccc2)n1.CC. The van der Waals surface area contributed by atoms with Crippen molar-refractivity contribution in [1.82, 2.24) is 4.98 Å². The summed E-state index contributed by atoms with van der Waals surface area (Å²) < 4.78 is 2.06. The van der Waals surface area contributed by atoms with Crippen LogP contribution in [-0.4, -0.2) is 4.98 Å². The lowest BCUT2D eigenvalue weighted by molar-refractivity contribution is 1.28. The molecule has 0 saturated carbocycles. The van der Waals surface area contributed by atoms with E-state index in [1.165, 1.54) is 0 Å². The van der Waals surface area contributed by atoms with E-state index < -0.39 is 0 Å². The lowest BCUT2D eigenvalue weighted by Gasteiger charge is -2.11. The van der Waals surface area contributed by atoms with E-state index in [-0.39, 0.29) is 0 Å².